The molecule has 2 aliphatic rings. The van der Waals surface area contributed by atoms with Gasteiger partial charge in [0.1, 0.15) is 18.1 Å². The minimum Gasteiger partial charge on any atom is -0.493 e. The van der Waals surface area contributed by atoms with Crippen LogP contribution in [0.4, 0.5) is 4.79 Å². The molecule has 30 heavy (non-hydrogen) atoms. The van der Waals surface area contributed by atoms with E-state index >= 15 is 0 Å². The molecule has 5 heteroatoms. The third-order valence-corrected chi connectivity index (χ3v) is 6.21. The van der Waals surface area contributed by atoms with Crippen LogP contribution >= 0.6 is 0 Å². The predicted octanol–water partition coefficient (Wildman–Crippen LogP) is 4.99. The topological polar surface area (TPSA) is 55.8 Å². The average Bonchev–Trinajstić information content (AvgIpc) is 2.78. The van der Waals surface area contributed by atoms with Crippen LogP contribution in [0.5, 0.6) is 5.75 Å². The number of ether oxygens (including phenoxy) is 2. The number of rotatable bonds is 7. The Labute approximate surface area is 178 Å². The molecule has 2 atom stereocenters. The van der Waals surface area contributed by atoms with Crippen molar-refractivity contribution in [3.8, 4) is 5.75 Å². The number of benzene rings is 2. The van der Waals surface area contributed by atoms with Crippen LogP contribution in [0.15, 0.2) is 60.7 Å². The van der Waals surface area contributed by atoms with Crippen LogP contribution in [0.3, 0.4) is 0 Å². The van der Waals surface area contributed by atoms with Gasteiger partial charge in [-0.1, -0.05) is 48.5 Å². The van der Waals surface area contributed by atoms with Crippen LogP contribution < -0.4 is 4.74 Å². The largest absolute Gasteiger partial charge is 0.493 e. The van der Waals surface area contributed by atoms with Crippen molar-refractivity contribution in [3.63, 3.8) is 0 Å². The van der Waals surface area contributed by atoms with Gasteiger partial charge in [-0.3, -0.25) is 4.79 Å². The quantitative estimate of drug-likeness (QED) is 0.648. The van der Waals surface area contributed by atoms with Gasteiger partial charge in [0.25, 0.3) is 0 Å². The van der Waals surface area contributed by atoms with E-state index in [-0.39, 0.29) is 36.5 Å². The van der Waals surface area contributed by atoms with E-state index in [9.17, 15) is 9.59 Å². The summed E-state index contributed by atoms with van der Waals surface area (Å²) in [5.74, 6) is 1.05. The summed E-state index contributed by atoms with van der Waals surface area (Å²) in [6.45, 7) is 0.687. The standard InChI is InChI=1S/C25H29NO4/c27-24(14-15-29-23-12-5-2-6-13-23)20-16-21-10-7-11-22(17-20)26(21)25(28)30-18-19-8-3-1-4-9-19/h1-6,8-9,12-13,20-22H,7,10-11,14-18H2. The zero-order chi connectivity index (χ0) is 20.8. The van der Waals surface area contributed by atoms with Crippen molar-refractivity contribution in [3.05, 3.63) is 66.2 Å². The van der Waals surface area contributed by atoms with E-state index in [2.05, 4.69) is 0 Å². The number of Topliss-reactive ketones (excluding diaryl/α,β-unsaturated/α-hetero) is 1. The highest BCUT2D eigenvalue weighted by Gasteiger charge is 2.43. The lowest BCUT2D eigenvalue weighted by atomic mass is 9.76. The Morgan fingerprint density at radius 3 is 2.20 bits per heavy atom. The average molecular weight is 408 g/mol. The molecule has 2 saturated heterocycles. The molecule has 0 saturated carbocycles. The highest BCUT2D eigenvalue weighted by Crippen LogP contribution is 2.38. The van der Waals surface area contributed by atoms with Gasteiger partial charge in [0, 0.05) is 24.4 Å². The van der Waals surface area contributed by atoms with Gasteiger partial charge < -0.3 is 14.4 Å². The fourth-order valence-corrected chi connectivity index (χ4v) is 4.73. The fraction of sp³-hybridized carbons (Fsp3) is 0.440. The predicted molar refractivity (Wildman–Crippen MR) is 114 cm³/mol. The molecular weight excluding hydrogens is 378 g/mol. The van der Waals surface area contributed by atoms with Crippen molar-refractivity contribution in [1.29, 1.82) is 0 Å². The second kappa shape index (κ2) is 9.79. The fourth-order valence-electron chi connectivity index (χ4n) is 4.73. The van der Waals surface area contributed by atoms with E-state index in [1.165, 1.54) is 0 Å². The Bertz CT molecular complexity index is 825. The van der Waals surface area contributed by atoms with Crippen molar-refractivity contribution in [2.24, 2.45) is 5.92 Å². The molecule has 2 heterocycles. The summed E-state index contributed by atoms with van der Waals surface area (Å²) >= 11 is 0. The number of hydrogen-bond donors (Lipinski definition) is 0. The Morgan fingerprint density at radius 1 is 0.900 bits per heavy atom. The lowest BCUT2D eigenvalue weighted by Gasteiger charge is -2.47. The molecule has 0 N–H and O–H groups in total. The lowest BCUT2D eigenvalue weighted by molar-refractivity contribution is -0.127. The van der Waals surface area contributed by atoms with Gasteiger partial charge in [-0.25, -0.2) is 4.79 Å². The molecule has 2 aliphatic heterocycles. The maximum Gasteiger partial charge on any atom is 0.410 e. The number of ketones is 1. The zero-order valence-electron chi connectivity index (χ0n) is 17.2. The van der Waals surface area contributed by atoms with Crippen molar-refractivity contribution in [2.45, 2.75) is 57.2 Å². The molecule has 0 aliphatic carbocycles. The van der Waals surface area contributed by atoms with E-state index in [4.69, 9.17) is 9.47 Å². The van der Waals surface area contributed by atoms with Crippen LogP contribution in [0.1, 0.15) is 44.1 Å². The number of fused-ring (bicyclic) bond motifs is 2. The van der Waals surface area contributed by atoms with E-state index in [0.29, 0.717) is 13.0 Å². The molecule has 1 amide bonds. The number of hydrogen-bond acceptors (Lipinski definition) is 4. The van der Waals surface area contributed by atoms with Crippen LogP contribution in [-0.2, 0) is 16.1 Å². The third-order valence-electron chi connectivity index (χ3n) is 6.21. The number of nitrogens with zero attached hydrogens (tertiary/aromatic N) is 1. The molecule has 0 spiro atoms. The second-order valence-electron chi connectivity index (χ2n) is 8.23. The molecule has 2 fully saturated rings. The molecule has 2 aromatic carbocycles. The van der Waals surface area contributed by atoms with E-state index < -0.39 is 0 Å². The first-order valence-electron chi connectivity index (χ1n) is 10.9. The third kappa shape index (κ3) is 5.02. The smallest absolute Gasteiger partial charge is 0.410 e. The number of piperidine rings is 2. The van der Waals surface area contributed by atoms with Crippen molar-refractivity contribution in [2.75, 3.05) is 6.61 Å². The second-order valence-corrected chi connectivity index (χ2v) is 8.23. The molecule has 2 unspecified atom stereocenters. The van der Waals surface area contributed by atoms with Gasteiger partial charge >= 0.3 is 6.09 Å². The summed E-state index contributed by atoms with van der Waals surface area (Å²) in [5.41, 5.74) is 0.986. The summed E-state index contributed by atoms with van der Waals surface area (Å²) < 4.78 is 11.3. The highest BCUT2D eigenvalue weighted by molar-refractivity contribution is 5.81. The van der Waals surface area contributed by atoms with Gasteiger partial charge in [0.05, 0.1) is 6.61 Å². The summed E-state index contributed by atoms with van der Waals surface area (Å²) in [4.78, 5) is 27.5. The van der Waals surface area contributed by atoms with Crippen LogP contribution in [0, 0.1) is 5.92 Å². The Morgan fingerprint density at radius 2 is 1.53 bits per heavy atom. The van der Waals surface area contributed by atoms with Gasteiger partial charge in [0.2, 0.25) is 0 Å². The van der Waals surface area contributed by atoms with Crippen LogP contribution in [-0.4, -0.2) is 35.5 Å². The Balaban J connectivity index is 1.29. The van der Waals surface area contributed by atoms with E-state index in [1.54, 1.807) is 0 Å². The van der Waals surface area contributed by atoms with Crippen molar-refractivity contribution in [1.82, 2.24) is 4.90 Å². The number of carbonyl (C=O) groups is 2. The summed E-state index contributed by atoms with van der Waals surface area (Å²) in [6.07, 6.45) is 4.64. The van der Waals surface area contributed by atoms with Gasteiger partial charge in [0.15, 0.2) is 0 Å². The molecule has 0 aromatic heterocycles. The first kappa shape index (κ1) is 20.5. The van der Waals surface area contributed by atoms with E-state index in [0.717, 1.165) is 43.4 Å². The Kier molecular flexibility index (Phi) is 6.67. The zero-order valence-corrected chi connectivity index (χ0v) is 17.2. The first-order chi connectivity index (χ1) is 14.7. The maximum atomic E-state index is 12.8. The SMILES string of the molecule is O=C(CCOc1ccccc1)C1CC2CCCC(C1)N2C(=O)OCc1ccccc1. The lowest BCUT2D eigenvalue weighted by Crippen LogP contribution is -2.55. The van der Waals surface area contributed by atoms with Gasteiger partial charge in [-0.2, -0.15) is 0 Å². The number of amides is 1. The molecular formula is C25H29NO4. The Hall–Kier alpha value is -2.82. The molecule has 0 radical (unpaired) electrons. The summed E-state index contributed by atoms with van der Waals surface area (Å²) in [6, 6.07) is 19.5. The number of para-hydroxylation sites is 1. The van der Waals surface area contributed by atoms with Crippen LogP contribution in [0.25, 0.3) is 0 Å². The minimum atomic E-state index is -0.244. The molecule has 2 aromatic rings. The van der Waals surface area contributed by atoms with Crippen LogP contribution in [0.2, 0.25) is 0 Å². The maximum absolute atomic E-state index is 12.8. The van der Waals surface area contributed by atoms with E-state index in [1.807, 2.05) is 65.6 Å². The highest BCUT2D eigenvalue weighted by atomic mass is 16.6. The van der Waals surface area contributed by atoms with Gasteiger partial charge in [-0.15, -0.1) is 0 Å². The number of carbonyl (C=O) groups excluding carboxylic acids is 2. The van der Waals surface area contributed by atoms with Crippen molar-refractivity contribution >= 4 is 11.9 Å². The monoisotopic (exact) mass is 407 g/mol. The molecule has 4 rings (SSSR count). The minimum absolute atomic E-state index is 0.0119. The summed E-state index contributed by atoms with van der Waals surface area (Å²) in [5, 5.41) is 0. The van der Waals surface area contributed by atoms with Gasteiger partial charge in [-0.05, 0) is 49.8 Å². The van der Waals surface area contributed by atoms with Crippen molar-refractivity contribution < 1.29 is 19.1 Å². The molecule has 2 bridgehead atoms. The molecule has 158 valence electrons. The summed E-state index contributed by atoms with van der Waals surface area (Å²) in [7, 11) is 0. The molecule has 5 nitrogen and oxygen atoms in total. The normalized spacial score (nSPS) is 22.9. The first-order valence-corrected chi connectivity index (χ1v) is 10.9.